The Balaban J connectivity index is 1.44. The van der Waals surface area contributed by atoms with E-state index in [-0.39, 0.29) is 5.82 Å². The molecule has 1 aliphatic rings. The van der Waals surface area contributed by atoms with Crippen LogP contribution in [0, 0.1) is 5.82 Å². The minimum atomic E-state index is -0.349. The van der Waals surface area contributed by atoms with Gasteiger partial charge in [0.25, 0.3) is 0 Å². The van der Waals surface area contributed by atoms with Crippen molar-refractivity contribution in [3.63, 3.8) is 0 Å². The Bertz CT molecular complexity index is 794. The van der Waals surface area contributed by atoms with Crippen molar-refractivity contribution >= 4 is 6.01 Å². The van der Waals surface area contributed by atoms with Crippen LogP contribution in [-0.2, 0) is 6.54 Å². The monoisotopic (exact) mass is 300 g/mol. The average molecular weight is 300 g/mol. The first-order chi connectivity index (χ1) is 10.8. The molecular weight excluding hydrogens is 287 g/mol. The predicted octanol–water partition coefficient (Wildman–Crippen LogP) is 2.28. The number of rotatable bonds is 5. The minimum Gasteiger partial charge on any atom is -0.408 e. The fourth-order valence-corrected chi connectivity index (χ4v) is 2.10. The lowest BCUT2D eigenvalue weighted by Gasteiger charge is -2.00. The van der Waals surface area contributed by atoms with Crippen LogP contribution in [0.3, 0.4) is 0 Å². The molecule has 1 aliphatic carbocycles. The second-order valence-electron chi connectivity index (χ2n) is 5.18. The summed E-state index contributed by atoms with van der Waals surface area (Å²) in [4.78, 5) is 0. The standard InChI is InChI=1S/C14H13FN6O/c15-11-3-1-2-4-12(11)21-8-10(17-20-21)7-16-14-19-18-13(22-14)9-5-6-9/h1-4,8-9H,5-7H2,(H,16,19). The van der Waals surface area contributed by atoms with Gasteiger partial charge in [0.15, 0.2) is 0 Å². The molecule has 1 N–H and O–H groups in total. The highest BCUT2D eigenvalue weighted by Gasteiger charge is 2.29. The van der Waals surface area contributed by atoms with Gasteiger partial charge in [-0.1, -0.05) is 22.4 Å². The molecule has 0 radical (unpaired) electrons. The van der Waals surface area contributed by atoms with E-state index in [1.807, 2.05) is 0 Å². The summed E-state index contributed by atoms with van der Waals surface area (Å²) in [5, 5.41) is 18.8. The predicted molar refractivity (Wildman–Crippen MR) is 74.9 cm³/mol. The first-order valence-corrected chi connectivity index (χ1v) is 7.03. The SMILES string of the molecule is Fc1ccccc1-n1cc(CNc2nnc(C3CC3)o2)nn1. The summed E-state index contributed by atoms with van der Waals surface area (Å²) in [5.74, 6) is 0.750. The maximum absolute atomic E-state index is 13.7. The summed E-state index contributed by atoms with van der Waals surface area (Å²) in [6.45, 7) is 0.376. The maximum atomic E-state index is 13.7. The number of benzene rings is 1. The van der Waals surface area contributed by atoms with E-state index in [4.69, 9.17) is 4.42 Å². The summed E-state index contributed by atoms with van der Waals surface area (Å²) in [6, 6.07) is 6.76. The third-order valence-corrected chi connectivity index (χ3v) is 3.43. The molecule has 8 heteroatoms. The van der Waals surface area contributed by atoms with Crippen molar-refractivity contribution in [2.45, 2.75) is 25.3 Å². The van der Waals surface area contributed by atoms with Crippen molar-refractivity contribution in [1.82, 2.24) is 25.2 Å². The summed E-state index contributed by atoms with van der Waals surface area (Å²) in [5.41, 5.74) is 1.00. The van der Waals surface area contributed by atoms with Crippen molar-refractivity contribution in [3.8, 4) is 5.69 Å². The second kappa shape index (κ2) is 5.21. The number of para-hydroxylation sites is 1. The summed E-state index contributed by atoms with van der Waals surface area (Å²) < 4.78 is 20.6. The summed E-state index contributed by atoms with van der Waals surface area (Å²) >= 11 is 0. The van der Waals surface area contributed by atoms with Gasteiger partial charge < -0.3 is 9.73 Å². The van der Waals surface area contributed by atoms with Crippen LogP contribution in [-0.4, -0.2) is 25.2 Å². The van der Waals surface area contributed by atoms with E-state index >= 15 is 0 Å². The molecule has 3 aromatic rings. The van der Waals surface area contributed by atoms with Crippen LogP contribution in [0.2, 0.25) is 0 Å². The molecule has 0 atom stereocenters. The Morgan fingerprint density at radius 2 is 2.09 bits per heavy atom. The molecule has 0 spiro atoms. The van der Waals surface area contributed by atoms with Gasteiger partial charge in [-0.25, -0.2) is 9.07 Å². The Morgan fingerprint density at radius 3 is 2.91 bits per heavy atom. The van der Waals surface area contributed by atoms with Crippen LogP contribution in [0.15, 0.2) is 34.9 Å². The molecule has 1 fully saturated rings. The second-order valence-corrected chi connectivity index (χ2v) is 5.18. The van der Waals surface area contributed by atoms with Gasteiger partial charge in [0.2, 0.25) is 5.89 Å². The van der Waals surface area contributed by atoms with Gasteiger partial charge in [-0.15, -0.1) is 10.2 Å². The molecule has 4 rings (SSSR count). The minimum absolute atomic E-state index is 0.349. The number of hydrogen-bond donors (Lipinski definition) is 1. The molecule has 22 heavy (non-hydrogen) atoms. The topological polar surface area (TPSA) is 81.7 Å². The molecule has 1 saturated carbocycles. The molecule has 2 heterocycles. The van der Waals surface area contributed by atoms with E-state index in [1.54, 1.807) is 24.4 Å². The van der Waals surface area contributed by atoms with Crippen LogP contribution in [0.4, 0.5) is 10.4 Å². The molecule has 0 bridgehead atoms. The van der Waals surface area contributed by atoms with Crippen molar-refractivity contribution in [1.29, 1.82) is 0 Å². The van der Waals surface area contributed by atoms with Gasteiger partial charge >= 0.3 is 6.01 Å². The van der Waals surface area contributed by atoms with Gasteiger partial charge in [0.1, 0.15) is 17.2 Å². The van der Waals surface area contributed by atoms with Crippen LogP contribution < -0.4 is 5.32 Å². The van der Waals surface area contributed by atoms with Crippen LogP contribution >= 0.6 is 0 Å². The van der Waals surface area contributed by atoms with Gasteiger partial charge in [0, 0.05) is 5.92 Å². The zero-order chi connectivity index (χ0) is 14.9. The van der Waals surface area contributed by atoms with E-state index in [9.17, 15) is 4.39 Å². The zero-order valence-corrected chi connectivity index (χ0v) is 11.6. The third kappa shape index (κ3) is 2.54. The summed E-state index contributed by atoms with van der Waals surface area (Å²) in [7, 11) is 0. The van der Waals surface area contributed by atoms with E-state index in [0.29, 0.717) is 35.7 Å². The Labute approximate surface area is 125 Å². The maximum Gasteiger partial charge on any atom is 0.315 e. The lowest BCUT2D eigenvalue weighted by Crippen LogP contribution is -2.00. The highest BCUT2D eigenvalue weighted by atomic mass is 19.1. The lowest BCUT2D eigenvalue weighted by atomic mass is 10.3. The van der Waals surface area contributed by atoms with Crippen LogP contribution in [0.5, 0.6) is 0 Å². The Morgan fingerprint density at radius 1 is 1.23 bits per heavy atom. The molecule has 7 nitrogen and oxygen atoms in total. The quantitative estimate of drug-likeness (QED) is 0.778. The lowest BCUT2D eigenvalue weighted by molar-refractivity contribution is 0.506. The zero-order valence-electron chi connectivity index (χ0n) is 11.6. The molecule has 0 aliphatic heterocycles. The molecule has 0 unspecified atom stereocenters. The van der Waals surface area contributed by atoms with Gasteiger partial charge in [0.05, 0.1) is 12.7 Å². The molecule has 0 saturated heterocycles. The fourth-order valence-electron chi connectivity index (χ4n) is 2.10. The number of nitrogens with zero attached hydrogens (tertiary/aromatic N) is 5. The number of hydrogen-bond acceptors (Lipinski definition) is 6. The first-order valence-electron chi connectivity index (χ1n) is 7.03. The Hall–Kier alpha value is -2.77. The van der Waals surface area contributed by atoms with Crippen molar-refractivity contribution in [2.75, 3.05) is 5.32 Å². The largest absolute Gasteiger partial charge is 0.408 e. The normalized spacial score (nSPS) is 14.2. The van der Waals surface area contributed by atoms with Crippen molar-refractivity contribution in [3.05, 3.63) is 47.9 Å². The highest BCUT2D eigenvalue weighted by molar-refractivity contribution is 5.32. The number of anilines is 1. The van der Waals surface area contributed by atoms with E-state index in [2.05, 4.69) is 25.8 Å². The molecule has 1 aromatic carbocycles. The molecule has 112 valence electrons. The van der Waals surface area contributed by atoms with Crippen molar-refractivity contribution in [2.24, 2.45) is 0 Å². The fraction of sp³-hybridized carbons (Fsp3) is 0.286. The van der Waals surface area contributed by atoms with Crippen LogP contribution in [0.25, 0.3) is 5.69 Å². The van der Waals surface area contributed by atoms with Gasteiger partial charge in [-0.3, -0.25) is 0 Å². The average Bonchev–Trinajstić information content (AvgIpc) is 3.09. The number of halogens is 1. The van der Waals surface area contributed by atoms with Crippen molar-refractivity contribution < 1.29 is 8.81 Å². The number of nitrogens with one attached hydrogen (secondary N) is 1. The molecule has 0 amide bonds. The highest BCUT2D eigenvalue weighted by Crippen LogP contribution is 2.39. The number of aromatic nitrogens is 5. The smallest absolute Gasteiger partial charge is 0.315 e. The van der Waals surface area contributed by atoms with Crippen LogP contribution in [0.1, 0.15) is 30.3 Å². The molecule has 2 aromatic heterocycles. The van der Waals surface area contributed by atoms with Gasteiger partial charge in [-0.05, 0) is 25.0 Å². The molecular formula is C14H13FN6O. The van der Waals surface area contributed by atoms with E-state index in [0.717, 1.165) is 12.8 Å². The first kappa shape index (κ1) is 12.9. The van der Waals surface area contributed by atoms with E-state index < -0.39 is 0 Å². The summed E-state index contributed by atoms with van der Waals surface area (Å²) in [6.07, 6.45) is 3.88. The third-order valence-electron chi connectivity index (χ3n) is 3.43. The Kier molecular flexibility index (Phi) is 3.06. The van der Waals surface area contributed by atoms with Gasteiger partial charge in [-0.2, -0.15) is 0 Å². The van der Waals surface area contributed by atoms with E-state index in [1.165, 1.54) is 10.7 Å².